The quantitative estimate of drug-likeness (QED) is 0.840. The first-order chi connectivity index (χ1) is 9.70. The van der Waals surface area contributed by atoms with Crippen molar-refractivity contribution < 1.29 is 14.6 Å². The van der Waals surface area contributed by atoms with Crippen molar-refractivity contribution in [3.05, 3.63) is 29.8 Å². The summed E-state index contributed by atoms with van der Waals surface area (Å²) in [5, 5.41) is 12.1. The molecule has 4 heteroatoms. The minimum absolute atomic E-state index is 0.0153. The Balaban J connectivity index is 2.08. The first kappa shape index (κ1) is 15.0. The molecule has 110 valence electrons. The Morgan fingerprint density at radius 3 is 2.80 bits per heavy atom. The molecule has 0 heterocycles. The molecule has 1 amide bonds. The van der Waals surface area contributed by atoms with E-state index in [1.54, 1.807) is 7.11 Å². The topological polar surface area (TPSA) is 58.6 Å². The van der Waals surface area contributed by atoms with Gasteiger partial charge in [-0.15, -0.1) is 0 Å². The zero-order valence-electron chi connectivity index (χ0n) is 12.0. The van der Waals surface area contributed by atoms with Gasteiger partial charge in [-0.05, 0) is 37.0 Å². The van der Waals surface area contributed by atoms with Crippen molar-refractivity contribution in [3.63, 3.8) is 0 Å². The van der Waals surface area contributed by atoms with E-state index in [0.717, 1.165) is 43.4 Å². The third-order valence-corrected chi connectivity index (χ3v) is 4.19. The summed E-state index contributed by atoms with van der Waals surface area (Å²) < 4.78 is 5.15. The van der Waals surface area contributed by atoms with Crippen LogP contribution in [0, 0.1) is 5.41 Å². The highest BCUT2D eigenvalue weighted by Crippen LogP contribution is 2.42. The number of hydrogen-bond acceptors (Lipinski definition) is 3. The molecule has 0 radical (unpaired) electrons. The number of aliphatic hydroxyl groups excluding tert-OH is 1. The van der Waals surface area contributed by atoms with E-state index in [2.05, 4.69) is 5.32 Å². The van der Waals surface area contributed by atoms with E-state index < -0.39 is 0 Å². The Morgan fingerprint density at radius 1 is 1.40 bits per heavy atom. The van der Waals surface area contributed by atoms with Crippen LogP contribution in [0.25, 0.3) is 0 Å². The fourth-order valence-electron chi connectivity index (χ4n) is 2.95. The van der Waals surface area contributed by atoms with E-state index >= 15 is 0 Å². The third kappa shape index (κ3) is 3.38. The number of ether oxygens (including phenoxy) is 1. The van der Waals surface area contributed by atoms with Crippen molar-refractivity contribution in [3.8, 4) is 0 Å². The number of aliphatic hydroxyl groups is 1. The van der Waals surface area contributed by atoms with Crippen LogP contribution in [0.15, 0.2) is 24.3 Å². The molecule has 0 aliphatic heterocycles. The molecule has 0 unspecified atom stereocenters. The van der Waals surface area contributed by atoms with Crippen LogP contribution in [-0.2, 0) is 16.1 Å². The highest BCUT2D eigenvalue weighted by Gasteiger charge is 2.40. The largest absolute Gasteiger partial charge is 0.392 e. The first-order valence-corrected chi connectivity index (χ1v) is 7.20. The van der Waals surface area contributed by atoms with E-state index in [4.69, 9.17) is 9.84 Å². The summed E-state index contributed by atoms with van der Waals surface area (Å²) in [6.45, 7) is 0.600. The van der Waals surface area contributed by atoms with E-state index in [9.17, 15) is 4.79 Å². The van der Waals surface area contributed by atoms with Crippen LogP contribution in [0.1, 0.15) is 37.7 Å². The zero-order chi connectivity index (χ0) is 14.4. The Morgan fingerprint density at radius 2 is 2.15 bits per heavy atom. The lowest BCUT2D eigenvalue weighted by molar-refractivity contribution is -0.126. The van der Waals surface area contributed by atoms with Crippen molar-refractivity contribution >= 4 is 11.6 Å². The molecule has 4 nitrogen and oxygen atoms in total. The predicted molar refractivity (Wildman–Crippen MR) is 78.4 cm³/mol. The summed E-state index contributed by atoms with van der Waals surface area (Å²) in [5.41, 5.74) is 1.27. The highest BCUT2D eigenvalue weighted by atomic mass is 16.5. The van der Waals surface area contributed by atoms with Gasteiger partial charge in [0.05, 0.1) is 12.0 Å². The van der Waals surface area contributed by atoms with Gasteiger partial charge in [0.25, 0.3) is 0 Å². The number of hydrogen-bond donors (Lipinski definition) is 2. The summed E-state index contributed by atoms with van der Waals surface area (Å²) in [6, 6.07) is 7.36. The van der Waals surface area contributed by atoms with Crippen molar-refractivity contribution in [1.82, 2.24) is 0 Å². The Kier molecular flexibility index (Phi) is 5.15. The predicted octanol–water partition coefficient (Wildman–Crippen LogP) is 2.71. The van der Waals surface area contributed by atoms with E-state index in [0.29, 0.717) is 6.61 Å². The van der Waals surface area contributed by atoms with Crippen LogP contribution >= 0.6 is 0 Å². The molecule has 1 aromatic carbocycles. The third-order valence-electron chi connectivity index (χ3n) is 4.19. The Hall–Kier alpha value is -1.39. The molecule has 0 spiro atoms. The molecule has 0 atom stereocenters. The second-order valence-electron chi connectivity index (χ2n) is 5.54. The Bertz CT molecular complexity index is 453. The molecule has 2 N–H and O–H groups in total. The number of rotatable bonds is 6. The summed E-state index contributed by atoms with van der Waals surface area (Å²) in [5.74, 6) is 0.0853. The van der Waals surface area contributed by atoms with Crippen molar-refractivity contribution in [2.45, 2.75) is 38.7 Å². The van der Waals surface area contributed by atoms with Gasteiger partial charge < -0.3 is 15.2 Å². The summed E-state index contributed by atoms with van der Waals surface area (Å²) >= 11 is 0. The van der Waals surface area contributed by atoms with Gasteiger partial charge in [0.2, 0.25) is 5.91 Å². The minimum Gasteiger partial charge on any atom is -0.392 e. The molecule has 1 saturated carbocycles. The van der Waals surface area contributed by atoms with Gasteiger partial charge in [0, 0.05) is 19.4 Å². The van der Waals surface area contributed by atoms with Gasteiger partial charge >= 0.3 is 0 Å². The highest BCUT2D eigenvalue weighted by molar-refractivity contribution is 5.95. The molecule has 1 fully saturated rings. The molecular weight excluding hydrogens is 254 g/mol. The van der Waals surface area contributed by atoms with Crippen LogP contribution in [0.3, 0.4) is 0 Å². The molecule has 1 aromatic rings. The van der Waals surface area contributed by atoms with E-state index in [1.807, 2.05) is 24.3 Å². The SMILES string of the molecule is COCCC1(C(=O)Nc2cccc(CO)c2)CCCC1. The molecule has 0 aromatic heterocycles. The van der Waals surface area contributed by atoms with Gasteiger partial charge in [-0.1, -0.05) is 25.0 Å². The van der Waals surface area contributed by atoms with Gasteiger partial charge in [-0.3, -0.25) is 4.79 Å². The molecular formula is C16H23NO3. The molecule has 2 rings (SSSR count). The maximum Gasteiger partial charge on any atom is 0.230 e. The van der Waals surface area contributed by atoms with Crippen LogP contribution in [0.5, 0.6) is 0 Å². The normalized spacial score (nSPS) is 17.1. The van der Waals surface area contributed by atoms with Crippen LogP contribution in [-0.4, -0.2) is 24.7 Å². The number of carbonyl (C=O) groups is 1. The number of methoxy groups -OCH3 is 1. The van der Waals surface area contributed by atoms with E-state index in [-0.39, 0.29) is 17.9 Å². The van der Waals surface area contributed by atoms with Gasteiger partial charge in [-0.25, -0.2) is 0 Å². The first-order valence-electron chi connectivity index (χ1n) is 7.20. The second-order valence-corrected chi connectivity index (χ2v) is 5.54. The summed E-state index contributed by atoms with van der Waals surface area (Å²) in [6.07, 6.45) is 4.85. The summed E-state index contributed by atoms with van der Waals surface area (Å²) in [7, 11) is 1.67. The molecule has 1 aliphatic carbocycles. The van der Waals surface area contributed by atoms with Gasteiger partial charge in [0.15, 0.2) is 0 Å². The minimum atomic E-state index is -0.286. The summed E-state index contributed by atoms with van der Waals surface area (Å²) in [4.78, 5) is 12.6. The monoisotopic (exact) mass is 277 g/mol. The van der Waals surface area contributed by atoms with Gasteiger partial charge in [-0.2, -0.15) is 0 Å². The Labute approximate surface area is 120 Å². The molecule has 0 saturated heterocycles. The van der Waals surface area contributed by atoms with Crippen molar-refractivity contribution in [1.29, 1.82) is 0 Å². The maximum absolute atomic E-state index is 12.6. The van der Waals surface area contributed by atoms with Gasteiger partial charge in [0.1, 0.15) is 0 Å². The molecule has 20 heavy (non-hydrogen) atoms. The lowest BCUT2D eigenvalue weighted by Gasteiger charge is -2.27. The van der Waals surface area contributed by atoms with Crippen molar-refractivity contribution in [2.75, 3.05) is 19.0 Å². The van der Waals surface area contributed by atoms with Crippen molar-refractivity contribution in [2.24, 2.45) is 5.41 Å². The average molecular weight is 277 g/mol. The smallest absolute Gasteiger partial charge is 0.230 e. The van der Waals surface area contributed by atoms with Crippen LogP contribution in [0.4, 0.5) is 5.69 Å². The lowest BCUT2D eigenvalue weighted by Crippen LogP contribution is -2.35. The zero-order valence-corrected chi connectivity index (χ0v) is 12.0. The van der Waals surface area contributed by atoms with E-state index in [1.165, 1.54) is 0 Å². The maximum atomic E-state index is 12.6. The lowest BCUT2D eigenvalue weighted by atomic mass is 9.82. The average Bonchev–Trinajstić information content (AvgIpc) is 2.95. The number of anilines is 1. The number of amides is 1. The van der Waals surface area contributed by atoms with Crippen LogP contribution < -0.4 is 5.32 Å². The molecule has 0 bridgehead atoms. The number of benzene rings is 1. The number of nitrogens with one attached hydrogen (secondary N) is 1. The fourth-order valence-corrected chi connectivity index (χ4v) is 2.95. The van der Waals surface area contributed by atoms with Crippen LogP contribution in [0.2, 0.25) is 0 Å². The second kappa shape index (κ2) is 6.86. The standard InChI is InChI=1S/C16H23NO3/c1-20-10-9-16(7-2-3-8-16)15(19)17-14-6-4-5-13(11-14)12-18/h4-6,11,18H,2-3,7-10,12H2,1H3,(H,17,19). The molecule has 1 aliphatic rings. The number of carbonyl (C=O) groups excluding carboxylic acids is 1. The fraction of sp³-hybridized carbons (Fsp3) is 0.562.